The second-order valence-corrected chi connectivity index (χ2v) is 4.05. The highest BCUT2D eigenvalue weighted by Crippen LogP contribution is 2.28. The summed E-state index contributed by atoms with van der Waals surface area (Å²) in [6.45, 7) is 2.38. The third-order valence-corrected chi connectivity index (χ3v) is 2.89. The first kappa shape index (κ1) is 8.48. The van der Waals surface area contributed by atoms with Gasteiger partial charge >= 0.3 is 0 Å². The molecule has 0 atom stereocenters. The molecule has 0 aromatic heterocycles. The van der Waals surface area contributed by atoms with E-state index < -0.39 is 5.60 Å². The first-order chi connectivity index (χ1) is 5.79. The number of rotatable bonds is 3. The molecule has 0 aromatic carbocycles. The lowest BCUT2D eigenvalue weighted by atomic mass is 10.0. The Morgan fingerprint density at radius 3 is 2.50 bits per heavy atom. The summed E-state index contributed by atoms with van der Waals surface area (Å²) in [5.41, 5.74) is -0.407. The maximum absolute atomic E-state index is 9.96. The highest BCUT2D eigenvalue weighted by molar-refractivity contribution is 4.88. The van der Waals surface area contributed by atoms with Crippen LogP contribution in [-0.4, -0.2) is 36.5 Å². The van der Waals surface area contributed by atoms with Crippen LogP contribution >= 0.6 is 0 Å². The largest absolute Gasteiger partial charge is 0.389 e. The molecule has 0 spiro atoms. The third-order valence-electron chi connectivity index (χ3n) is 2.89. The molecule has 70 valence electrons. The summed E-state index contributed by atoms with van der Waals surface area (Å²) in [5, 5.41) is 13.3. The van der Waals surface area contributed by atoms with Gasteiger partial charge in [0.25, 0.3) is 0 Å². The molecule has 1 heterocycles. The van der Waals surface area contributed by atoms with Crippen molar-refractivity contribution in [2.75, 3.05) is 19.8 Å². The predicted molar refractivity (Wildman–Crippen MR) is 46.0 cm³/mol. The van der Waals surface area contributed by atoms with E-state index in [9.17, 15) is 5.11 Å². The van der Waals surface area contributed by atoms with Gasteiger partial charge < -0.3 is 15.2 Å². The van der Waals surface area contributed by atoms with Gasteiger partial charge in [-0.15, -0.1) is 0 Å². The molecular weight excluding hydrogens is 154 g/mol. The van der Waals surface area contributed by atoms with E-state index in [4.69, 9.17) is 4.74 Å². The second-order valence-electron chi connectivity index (χ2n) is 4.05. The standard InChI is InChI=1S/C9H17NO2/c11-9(3-1-2-4-9)7-10-8-5-12-6-8/h8,10-11H,1-7H2. The van der Waals surface area contributed by atoms with E-state index in [0.29, 0.717) is 6.04 Å². The zero-order valence-corrected chi connectivity index (χ0v) is 7.38. The quantitative estimate of drug-likeness (QED) is 0.641. The van der Waals surface area contributed by atoms with E-state index in [1.807, 2.05) is 0 Å². The molecule has 1 saturated heterocycles. The van der Waals surface area contributed by atoms with Gasteiger partial charge in [0, 0.05) is 6.54 Å². The minimum absolute atomic E-state index is 0.407. The molecule has 0 aromatic rings. The van der Waals surface area contributed by atoms with Crippen LogP contribution in [-0.2, 0) is 4.74 Å². The van der Waals surface area contributed by atoms with Crippen molar-refractivity contribution in [2.24, 2.45) is 0 Å². The summed E-state index contributed by atoms with van der Waals surface area (Å²) in [6.07, 6.45) is 4.29. The average Bonchev–Trinajstić information content (AvgIpc) is 2.33. The minimum Gasteiger partial charge on any atom is -0.389 e. The van der Waals surface area contributed by atoms with E-state index in [0.717, 1.165) is 32.6 Å². The van der Waals surface area contributed by atoms with Crippen molar-refractivity contribution in [3.63, 3.8) is 0 Å². The molecule has 0 bridgehead atoms. The summed E-state index contributed by atoms with van der Waals surface area (Å²) < 4.78 is 5.04. The van der Waals surface area contributed by atoms with E-state index >= 15 is 0 Å². The van der Waals surface area contributed by atoms with Crippen LogP contribution in [0.5, 0.6) is 0 Å². The zero-order valence-electron chi connectivity index (χ0n) is 7.38. The average molecular weight is 171 g/mol. The molecular formula is C9H17NO2. The van der Waals surface area contributed by atoms with Gasteiger partial charge in [-0.25, -0.2) is 0 Å². The number of hydrogen-bond acceptors (Lipinski definition) is 3. The van der Waals surface area contributed by atoms with Crippen molar-refractivity contribution in [3.05, 3.63) is 0 Å². The Morgan fingerprint density at radius 1 is 1.33 bits per heavy atom. The molecule has 2 N–H and O–H groups in total. The maximum atomic E-state index is 9.96. The summed E-state index contributed by atoms with van der Waals surface area (Å²) >= 11 is 0. The Bertz CT molecular complexity index is 151. The van der Waals surface area contributed by atoms with Crippen molar-refractivity contribution in [2.45, 2.75) is 37.3 Å². The van der Waals surface area contributed by atoms with Crippen molar-refractivity contribution in [1.82, 2.24) is 5.32 Å². The SMILES string of the molecule is OC1(CNC2COC2)CCCC1. The molecule has 0 amide bonds. The van der Waals surface area contributed by atoms with E-state index in [1.165, 1.54) is 12.8 Å². The lowest BCUT2D eigenvalue weighted by Crippen LogP contribution is -2.51. The van der Waals surface area contributed by atoms with Gasteiger partial charge in [-0.3, -0.25) is 0 Å². The fourth-order valence-corrected chi connectivity index (χ4v) is 1.90. The molecule has 2 rings (SSSR count). The monoisotopic (exact) mass is 171 g/mol. The molecule has 12 heavy (non-hydrogen) atoms. The van der Waals surface area contributed by atoms with Crippen molar-refractivity contribution < 1.29 is 9.84 Å². The molecule has 2 fully saturated rings. The highest BCUT2D eigenvalue weighted by atomic mass is 16.5. The van der Waals surface area contributed by atoms with Gasteiger partial charge in [-0.2, -0.15) is 0 Å². The molecule has 1 aliphatic heterocycles. The zero-order chi connectivity index (χ0) is 8.44. The van der Waals surface area contributed by atoms with Gasteiger partial charge in [0.1, 0.15) is 0 Å². The van der Waals surface area contributed by atoms with Gasteiger partial charge in [-0.1, -0.05) is 12.8 Å². The van der Waals surface area contributed by atoms with Crippen LogP contribution in [0.2, 0.25) is 0 Å². The Kier molecular flexibility index (Phi) is 2.35. The van der Waals surface area contributed by atoms with Crippen LogP contribution < -0.4 is 5.32 Å². The fourth-order valence-electron chi connectivity index (χ4n) is 1.90. The third kappa shape index (κ3) is 1.79. The van der Waals surface area contributed by atoms with Crippen molar-refractivity contribution in [1.29, 1.82) is 0 Å². The molecule has 1 saturated carbocycles. The fraction of sp³-hybridized carbons (Fsp3) is 1.00. The van der Waals surface area contributed by atoms with Gasteiger partial charge in [-0.05, 0) is 12.8 Å². The van der Waals surface area contributed by atoms with Gasteiger partial charge in [0.05, 0.1) is 24.9 Å². The van der Waals surface area contributed by atoms with Crippen LogP contribution in [0.25, 0.3) is 0 Å². The first-order valence-electron chi connectivity index (χ1n) is 4.82. The van der Waals surface area contributed by atoms with Crippen LogP contribution in [0, 0.1) is 0 Å². The molecule has 2 aliphatic rings. The number of hydrogen-bond donors (Lipinski definition) is 2. The van der Waals surface area contributed by atoms with Crippen molar-refractivity contribution >= 4 is 0 Å². The predicted octanol–water partition coefficient (Wildman–Crippen LogP) is 0.280. The number of aliphatic hydroxyl groups is 1. The molecule has 3 nitrogen and oxygen atoms in total. The summed E-state index contributed by atoms with van der Waals surface area (Å²) in [5.74, 6) is 0. The molecule has 3 heteroatoms. The summed E-state index contributed by atoms with van der Waals surface area (Å²) in [6, 6.07) is 0.495. The molecule has 0 unspecified atom stereocenters. The first-order valence-corrected chi connectivity index (χ1v) is 4.82. The lowest BCUT2D eigenvalue weighted by molar-refractivity contribution is -0.0224. The van der Waals surface area contributed by atoms with E-state index in [-0.39, 0.29) is 0 Å². The second kappa shape index (κ2) is 3.32. The number of ether oxygens (including phenoxy) is 1. The Balaban J connectivity index is 1.70. The highest BCUT2D eigenvalue weighted by Gasteiger charge is 2.32. The summed E-state index contributed by atoms with van der Waals surface area (Å²) in [7, 11) is 0. The Hall–Kier alpha value is -0.120. The molecule has 1 aliphatic carbocycles. The smallest absolute Gasteiger partial charge is 0.0771 e. The lowest BCUT2D eigenvalue weighted by Gasteiger charge is -2.31. The normalized spacial score (nSPS) is 28.8. The van der Waals surface area contributed by atoms with Crippen LogP contribution in [0.15, 0.2) is 0 Å². The van der Waals surface area contributed by atoms with Gasteiger partial charge in [0.2, 0.25) is 0 Å². The van der Waals surface area contributed by atoms with E-state index in [1.54, 1.807) is 0 Å². The van der Waals surface area contributed by atoms with Gasteiger partial charge in [0.15, 0.2) is 0 Å². The van der Waals surface area contributed by atoms with Crippen LogP contribution in [0.1, 0.15) is 25.7 Å². The topological polar surface area (TPSA) is 41.5 Å². The molecule has 0 radical (unpaired) electrons. The van der Waals surface area contributed by atoms with Crippen molar-refractivity contribution in [3.8, 4) is 0 Å². The van der Waals surface area contributed by atoms with Crippen LogP contribution in [0.3, 0.4) is 0 Å². The Morgan fingerprint density at radius 2 is 2.00 bits per heavy atom. The Labute approximate surface area is 73.1 Å². The van der Waals surface area contributed by atoms with E-state index in [2.05, 4.69) is 5.32 Å². The summed E-state index contributed by atoms with van der Waals surface area (Å²) in [4.78, 5) is 0. The maximum Gasteiger partial charge on any atom is 0.0771 e. The minimum atomic E-state index is -0.407. The van der Waals surface area contributed by atoms with Crippen LogP contribution in [0.4, 0.5) is 0 Å². The number of nitrogens with one attached hydrogen (secondary N) is 1.